The van der Waals surface area contributed by atoms with Gasteiger partial charge in [-0.25, -0.2) is 0 Å². The first-order chi connectivity index (χ1) is 10.5. The lowest BCUT2D eigenvalue weighted by Gasteiger charge is -2.19. The van der Waals surface area contributed by atoms with Crippen LogP contribution >= 0.6 is 0 Å². The highest BCUT2D eigenvalue weighted by molar-refractivity contribution is 6.19. The van der Waals surface area contributed by atoms with Gasteiger partial charge in [0, 0.05) is 5.57 Å². The van der Waals surface area contributed by atoms with Crippen molar-refractivity contribution in [3.05, 3.63) is 35.4 Å². The topological polar surface area (TPSA) is 81.7 Å². The van der Waals surface area contributed by atoms with E-state index in [4.69, 9.17) is 9.47 Å². The van der Waals surface area contributed by atoms with Gasteiger partial charge in [0.25, 0.3) is 0 Å². The smallest absolute Gasteiger partial charge is 0.326 e. The molecule has 1 aliphatic rings. The number of benzene rings is 1. The Morgan fingerprint density at radius 2 is 1.95 bits per heavy atom. The summed E-state index contributed by atoms with van der Waals surface area (Å²) in [6.45, 7) is 3.16. The van der Waals surface area contributed by atoms with E-state index in [0.717, 1.165) is 0 Å². The number of amides is 1. The number of carbonyl (C=O) groups is 3. The number of esters is 1. The minimum absolute atomic E-state index is 0.0705. The predicted molar refractivity (Wildman–Crippen MR) is 78.9 cm³/mol. The molecular formula is C16H17NO5. The fraction of sp³-hybridized carbons (Fsp3) is 0.312. The van der Waals surface area contributed by atoms with E-state index in [2.05, 4.69) is 5.32 Å². The van der Waals surface area contributed by atoms with Gasteiger partial charge in [0.2, 0.25) is 5.91 Å². The number of carbonyl (C=O) groups excluding carboxylic acids is 3. The number of ether oxygens (including phenoxy) is 2. The molecule has 0 aromatic heterocycles. The molecule has 1 unspecified atom stereocenters. The van der Waals surface area contributed by atoms with Gasteiger partial charge in [-0.15, -0.1) is 0 Å². The van der Waals surface area contributed by atoms with Gasteiger partial charge < -0.3 is 14.8 Å². The number of nitrogens with one attached hydrogen (secondary N) is 1. The molecule has 6 nitrogen and oxygen atoms in total. The molecule has 0 saturated carbocycles. The van der Waals surface area contributed by atoms with Gasteiger partial charge in [-0.2, -0.15) is 0 Å². The number of rotatable bonds is 5. The average molecular weight is 303 g/mol. The summed E-state index contributed by atoms with van der Waals surface area (Å²) in [4.78, 5) is 35.9. The van der Waals surface area contributed by atoms with Crippen LogP contribution in [0.25, 0.3) is 5.70 Å². The van der Waals surface area contributed by atoms with E-state index in [1.54, 1.807) is 38.3 Å². The lowest BCUT2D eigenvalue weighted by molar-refractivity contribution is -0.156. The van der Waals surface area contributed by atoms with Crippen molar-refractivity contribution in [2.75, 3.05) is 13.7 Å². The maximum Gasteiger partial charge on any atom is 0.326 e. The highest BCUT2D eigenvalue weighted by Crippen LogP contribution is 2.38. The van der Waals surface area contributed by atoms with Crippen LogP contribution in [0.4, 0.5) is 0 Å². The summed E-state index contributed by atoms with van der Waals surface area (Å²) >= 11 is 0. The molecule has 2 rings (SSSR count). The number of hydrogen-bond donors (Lipinski definition) is 1. The number of hydrogen-bond acceptors (Lipinski definition) is 5. The molecule has 1 heterocycles. The highest BCUT2D eigenvalue weighted by atomic mass is 16.5. The second-order valence-electron chi connectivity index (χ2n) is 4.93. The van der Waals surface area contributed by atoms with Crippen molar-refractivity contribution in [3.8, 4) is 5.75 Å². The molecule has 0 aliphatic carbocycles. The standard InChI is InChI=1S/C16H17NO5/c1-4-22-15(20)16(2)12(9-18)13(17-14(16)19)10-5-7-11(21-3)8-6-10/h5-9H,4H2,1-3H3,(H,17,19). The zero-order chi connectivity index (χ0) is 16.3. The Morgan fingerprint density at radius 3 is 2.45 bits per heavy atom. The Hall–Kier alpha value is -2.63. The second-order valence-corrected chi connectivity index (χ2v) is 4.93. The molecule has 0 radical (unpaired) electrons. The van der Waals surface area contributed by atoms with Crippen LogP contribution in [0.15, 0.2) is 29.8 Å². The van der Waals surface area contributed by atoms with Crippen LogP contribution < -0.4 is 10.1 Å². The number of aldehydes is 1. The third-order valence-electron chi connectivity index (χ3n) is 3.68. The molecule has 6 heteroatoms. The summed E-state index contributed by atoms with van der Waals surface area (Å²) in [5, 5.41) is 2.61. The average Bonchev–Trinajstić information content (AvgIpc) is 2.80. The summed E-state index contributed by atoms with van der Waals surface area (Å²) in [7, 11) is 1.54. The molecule has 0 saturated heterocycles. The first-order valence-electron chi connectivity index (χ1n) is 6.82. The maximum atomic E-state index is 12.3. The summed E-state index contributed by atoms with van der Waals surface area (Å²) in [6, 6.07) is 6.82. The zero-order valence-corrected chi connectivity index (χ0v) is 12.6. The molecule has 22 heavy (non-hydrogen) atoms. The van der Waals surface area contributed by atoms with Crippen molar-refractivity contribution >= 4 is 23.9 Å². The van der Waals surface area contributed by atoms with Gasteiger partial charge in [0.05, 0.1) is 19.4 Å². The van der Waals surface area contributed by atoms with E-state index in [1.165, 1.54) is 6.92 Å². The SMILES string of the molecule is CCOC(=O)C1(C)C(=O)NC(c2ccc(OC)cc2)=C1C=O. The van der Waals surface area contributed by atoms with Crippen molar-refractivity contribution in [1.82, 2.24) is 5.32 Å². The van der Waals surface area contributed by atoms with Crippen LogP contribution in [-0.4, -0.2) is 31.9 Å². The van der Waals surface area contributed by atoms with Gasteiger partial charge in [-0.3, -0.25) is 14.4 Å². The summed E-state index contributed by atoms with van der Waals surface area (Å²) < 4.78 is 10.0. The van der Waals surface area contributed by atoms with Crippen LogP contribution in [0, 0.1) is 5.41 Å². The lowest BCUT2D eigenvalue weighted by Crippen LogP contribution is -2.40. The van der Waals surface area contributed by atoms with Gasteiger partial charge in [0.15, 0.2) is 5.41 Å². The fourth-order valence-corrected chi connectivity index (χ4v) is 2.32. The van der Waals surface area contributed by atoms with Crippen LogP contribution in [-0.2, 0) is 19.1 Å². The lowest BCUT2D eigenvalue weighted by atomic mass is 9.83. The zero-order valence-electron chi connectivity index (χ0n) is 12.6. The Labute approximate surface area is 128 Å². The van der Waals surface area contributed by atoms with Crippen LogP contribution in [0.2, 0.25) is 0 Å². The second kappa shape index (κ2) is 6.01. The third-order valence-corrected chi connectivity index (χ3v) is 3.68. The predicted octanol–water partition coefficient (Wildman–Crippen LogP) is 1.30. The van der Waals surface area contributed by atoms with Crippen molar-refractivity contribution in [1.29, 1.82) is 0 Å². The van der Waals surface area contributed by atoms with E-state index in [9.17, 15) is 14.4 Å². The van der Waals surface area contributed by atoms with Crippen molar-refractivity contribution in [2.45, 2.75) is 13.8 Å². The van der Waals surface area contributed by atoms with Gasteiger partial charge >= 0.3 is 5.97 Å². The molecule has 1 aromatic carbocycles. The highest BCUT2D eigenvalue weighted by Gasteiger charge is 2.52. The van der Waals surface area contributed by atoms with Gasteiger partial charge in [-0.05, 0) is 43.7 Å². The quantitative estimate of drug-likeness (QED) is 0.504. The van der Waals surface area contributed by atoms with Crippen LogP contribution in [0.3, 0.4) is 0 Å². The molecule has 0 bridgehead atoms. The largest absolute Gasteiger partial charge is 0.497 e. The molecule has 1 atom stereocenters. The van der Waals surface area contributed by atoms with E-state index >= 15 is 0 Å². The monoisotopic (exact) mass is 303 g/mol. The Kier molecular flexibility index (Phi) is 4.30. The van der Waals surface area contributed by atoms with E-state index in [-0.39, 0.29) is 12.2 Å². The summed E-state index contributed by atoms with van der Waals surface area (Å²) in [6.07, 6.45) is 0.522. The van der Waals surface area contributed by atoms with E-state index < -0.39 is 17.3 Å². The van der Waals surface area contributed by atoms with Crippen molar-refractivity contribution < 1.29 is 23.9 Å². The Morgan fingerprint density at radius 1 is 1.32 bits per heavy atom. The van der Waals surface area contributed by atoms with Crippen molar-refractivity contribution in [3.63, 3.8) is 0 Å². The number of methoxy groups -OCH3 is 1. The minimum Gasteiger partial charge on any atom is -0.497 e. The molecule has 116 valence electrons. The van der Waals surface area contributed by atoms with Crippen LogP contribution in [0.5, 0.6) is 5.75 Å². The minimum atomic E-state index is -1.63. The summed E-state index contributed by atoms with van der Waals surface area (Å²) in [5.74, 6) is -0.661. The molecule has 0 spiro atoms. The normalized spacial score (nSPS) is 20.6. The first kappa shape index (κ1) is 15.8. The Bertz CT molecular complexity index is 647. The first-order valence-corrected chi connectivity index (χ1v) is 6.82. The molecule has 1 aromatic rings. The molecule has 1 aliphatic heterocycles. The van der Waals surface area contributed by atoms with Gasteiger partial charge in [0.1, 0.15) is 12.0 Å². The van der Waals surface area contributed by atoms with Crippen LogP contribution in [0.1, 0.15) is 19.4 Å². The van der Waals surface area contributed by atoms with E-state index in [1.807, 2.05) is 0 Å². The third kappa shape index (κ3) is 2.36. The molecular weight excluding hydrogens is 286 g/mol. The fourth-order valence-electron chi connectivity index (χ4n) is 2.32. The summed E-state index contributed by atoms with van der Waals surface area (Å²) in [5.41, 5.74) is -0.629. The van der Waals surface area contributed by atoms with Gasteiger partial charge in [-0.1, -0.05) is 0 Å². The Balaban J connectivity index is 2.51. The van der Waals surface area contributed by atoms with Crippen molar-refractivity contribution in [2.24, 2.45) is 5.41 Å². The molecule has 1 amide bonds. The maximum absolute atomic E-state index is 12.3. The molecule has 1 N–H and O–H groups in total. The van der Waals surface area contributed by atoms with E-state index in [0.29, 0.717) is 23.3 Å². The molecule has 0 fully saturated rings.